The molecule has 0 aromatic heterocycles. The summed E-state index contributed by atoms with van der Waals surface area (Å²) in [7, 11) is -4.46. The molecule has 0 aromatic carbocycles. The molecule has 3 aliphatic rings. The zero-order valence-electron chi connectivity index (χ0n) is 18.9. The maximum atomic E-state index is 13.9. The molecule has 0 heterocycles. The number of allylic oxidation sites excluding steroid dienone is 5. The van der Waals surface area contributed by atoms with Gasteiger partial charge >= 0.3 is 5.25 Å². The number of halogens is 2. The lowest BCUT2D eigenvalue weighted by Gasteiger charge is -2.44. The molecular weight excluding hydrogens is 418 g/mol. The van der Waals surface area contributed by atoms with Gasteiger partial charge in [-0.25, -0.2) is 8.42 Å². The van der Waals surface area contributed by atoms with E-state index in [0.29, 0.717) is 24.7 Å². The summed E-state index contributed by atoms with van der Waals surface area (Å²) in [5, 5.41) is 6.16. The maximum absolute atomic E-state index is 13.9. The van der Waals surface area contributed by atoms with Crippen LogP contribution in [0.3, 0.4) is 0 Å². The van der Waals surface area contributed by atoms with Crippen molar-refractivity contribution in [2.24, 2.45) is 23.2 Å². The number of aliphatic hydroxyl groups is 1. The minimum atomic E-state index is -4.46. The van der Waals surface area contributed by atoms with Crippen molar-refractivity contribution >= 4 is 9.84 Å². The Balaban J connectivity index is 1.78. The number of rotatable bonds is 5. The van der Waals surface area contributed by atoms with Crippen molar-refractivity contribution < 1.29 is 22.3 Å². The second kappa shape index (κ2) is 8.93. The molecule has 0 radical (unpaired) electrons. The van der Waals surface area contributed by atoms with Crippen molar-refractivity contribution in [2.45, 2.75) is 76.6 Å². The molecule has 3 fully saturated rings. The van der Waals surface area contributed by atoms with Crippen LogP contribution in [0.5, 0.6) is 0 Å². The molecule has 0 aromatic rings. The third-order valence-corrected chi connectivity index (χ3v) is 9.07. The van der Waals surface area contributed by atoms with E-state index in [1.807, 2.05) is 6.92 Å². The summed E-state index contributed by atoms with van der Waals surface area (Å²) in [5.41, 5.74) is 3.67. The molecule has 6 heteroatoms. The van der Waals surface area contributed by atoms with Gasteiger partial charge in [-0.3, -0.25) is 0 Å². The van der Waals surface area contributed by atoms with Gasteiger partial charge in [0, 0.05) is 6.26 Å². The topological polar surface area (TPSA) is 54.4 Å². The minimum Gasteiger partial charge on any atom is -0.393 e. The number of hydrogen-bond donors (Lipinski definition) is 1. The Hall–Kier alpha value is -1.27. The fourth-order valence-electron chi connectivity index (χ4n) is 6.06. The Labute approximate surface area is 185 Å². The number of hydrogen-bond acceptors (Lipinski definition) is 3. The van der Waals surface area contributed by atoms with E-state index in [2.05, 4.69) is 25.7 Å². The second-order valence-corrected chi connectivity index (χ2v) is 12.2. The van der Waals surface area contributed by atoms with E-state index in [1.54, 1.807) is 0 Å². The standard InChI is InChI=1S/C25H36F2O3S/c1-17-7-10-21(28)16-20(17)9-8-19-6-5-14-24(3)22(11-12-23(19)24)18(2)13-15-25(26,27)31(4,29)30/h8-9,13,15,18,21-23,28H,1,5-7,10-12,14,16H2,2-4H3/b15-13+,19-8+,20-9-. The molecule has 3 aliphatic carbocycles. The zero-order valence-corrected chi connectivity index (χ0v) is 19.7. The summed E-state index contributed by atoms with van der Waals surface area (Å²) in [4.78, 5) is 0. The predicted molar refractivity (Wildman–Crippen MR) is 121 cm³/mol. The average molecular weight is 455 g/mol. The Bertz CT molecular complexity index is 900. The van der Waals surface area contributed by atoms with E-state index in [9.17, 15) is 22.3 Å². The van der Waals surface area contributed by atoms with E-state index in [4.69, 9.17) is 0 Å². The quantitative estimate of drug-likeness (QED) is 0.520. The first-order chi connectivity index (χ1) is 14.3. The lowest BCUT2D eigenvalue weighted by molar-refractivity contribution is 0.110. The van der Waals surface area contributed by atoms with E-state index < -0.39 is 15.1 Å². The monoisotopic (exact) mass is 454 g/mol. The first-order valence-electron chi connectivity index (χ1n) is 11.4. The van der Waals surface area contributed by atoms with E-state index in [1.165, 1.54) is 11.6 Å². The van der Waals surface area contributed by atoms with Gasteiger partial charge in [-0.15, -0.1) is 0 Å². The maximum Gasteiger partial charge on any atom is 0.363 e. The molecule has 3 saturated carbocycles. The predicted octanol–water partition coefficient (Wildman–Crippen LogP) is 5.99. The third-order valence-electron chi connectivity index (χ3n) is 7.95. The van der Waals surface area contributed by atoms with Crippen molar-refractivity contribution in [2.75, 3.05) is 6.26 Å². The number of aliphatic hydroxyl groups excluding tert-OH is 1. The van der Waals surface area contributed by atoms with Crippen molar-refractivity contribution in [3.8, 4) is 0 Å². The van der Waals surface area contributed by atoms with Crippen molar-refractivity contribution in [1.82, 2.24) is 0 Å². The molecule has 5 atom stereocenters. The van der Waals surface area contributed by atoms with E-state index in [0.717, 1.165) is 56.1 Å². The molecule has 3 rings (SSSR count). The third kappa shape index (κ3) is 5.05. The molecule has 0 saturated heterocycles. The summed E-state index contributed by atoms with van der Waals surface area (Å²) in [5.74, 6) is 0.539. The van der Waals surface area contributed by atoms with Crippen LogP contribution in [0.25, 0.3) is 0 Å². The fourth-order valence-corrected chi connectivity index (χ4v) is 6.39. The van der Waals surface area contributed by atoms with Gasteiger partial charge in [0.2, 0.25) is 9.84 Å². The second-order valence-electron chi connectivity index (χ2n) is 10.1. The summed E-state index contributed by atoms with van der Waals surface area (Å²) in [6.45, 7) is 8.35. The normalized spacial score (nSPS) is 36.3. The smallest absolute Gasteiger partial charge is 0.363 e. The summed E-state index contributed by atoms with van der Waals surface area (Å²) in [6.07, 6.45) is 14.0. The number of fused-ring (bicyclic) bond motifs is 1. The first kappa shape index (κ1) is 24.4. The molecule has 0 aliphatic heterocycles. The van der Waals surface area contributed by atoms with Crippen molar-refractivity contribution in [3.05, 3.63) is 47.6 Å². The highest BCUT2D eigenvalue weighted by molar-refractivity contribution is 7.91. The molecule has 0 amide bonds. The number of sulfone groups is 1. The van der Waals surface area contributed by atoms with E-state index >= 15 is 0 Å². The molecule has 1 N–H and O–H groups in total. The summed E-state index contributed by atoms with van der Waals surface area (Å²) in [6, 6.07) is 0. The fraction of sp³-hybridized carbons (Fsp3) is 0.680. The summed E-state index contributed by atoms with van der Waals surface area (Å²) < 4.78 is 50.4. The van der Waals surface area contributed by atoms with Gasteiger partial charge in [-0.05, 0) is 86.2 Å². The molecule has 5 unspecified atom stereocenters. The van der Waals surface area contributed by atoms with Gasteiger partial charge in [-0.1, -0.05) is 49.8 Å². The summed E-state index contributed by atoms with van der Waals surface area (Å²) >= 11 is 0. The van der Waals surface area contributed by atoms with Crippen LogP contribution in [-0.2, 0) is 9.84 Å². The lowest BCUT2D eigenvalue weighted by atomic mass is 9.61. The Morgan fingerprint density at radius 2 is 1.94 bits per heavy atom. The van der Waals surface area contributed by atoms with Crippen molar-refractivity contribution in [1.29, 1.82) is 0 Å². The highest BCUT2D eigenvalue weighted by Crippen LogP contribution is 2.59. The van der Waals surface area contributed by atoms with Crippen LogP contribution in [0.4, 0.5) is 8.78 Å². The van der Waals surface area contributed by atoms with Gasteiger partial charge in [0.05, 0.1) is 6.10 Å². The van der Waals surface area contributed by atoms with Crippen LogP contribution in [0, 0.1) is 23.2 Å². The first-order valence-corrected chi connectivity index (χ1v) is 13.3. The molecular formula is C25H36F2O3S. The Morgan fingerprint density at radius 1 is 1.23 bits per heavy atom. The highest BCUT2D eigenvalue weighted by atomic mass is 32.2. The number of alkyl halides is 2. The lowest BCUT2D eigenvalue weighted by Crippen LogP contribution is -2.35. The van der Waals surface area contributed by atoms with Crippen LogP contribution in [-0.4, -0.2) is 31.1 Å². The molecule has 174 valence electrons. The SMILES string of the molecule is C=C1CCC(O)C/C1=C/C=C1\CCCC2(C)C1CCC2C(C)/C=C/C(F)(F)S(C)(=O)=O. The van der Waals surface area contributed by atoms with Crippen LogP contribution >= 0.6 is 0 Å². The minimum absolute atomic E-state index is 0.0236. The molecule has 0 spiro atoms. The molecule has 31 heavy (non-hydrogen) atoms. The van der Waals surface area contributed by atoms with Crippen LogP contribution in [0.1, 0.15) is 65.2 Å². The van der Waals surface area contributed by atoms with Crippen molar-refractivity contribution in [3.63, 3.8) is 0 Å². The van der Waals surface area contributed by atoms with Crippen LogP contribution in [0.2, 0.25) is 0 Å². The van der Waals surface area contributed by atoms with Gasteiger partial charge in [0.15, 0.2) is 0 Å². The Morgan fingerprint density at radius 3 is 2.61 bits per heavy atom. The van der Waals surface area contributed by atoms with Gasteiger partial charge < -0.3 is 5.11 Å². The largest absolute Gasteiger partial charge is 0.393 e. The van der Waals surface area contributed by atoms with Crippen LogP contribution in [0.15, 0.2) is 47.6 Å². The van der Waals surface area contributed by atoms with Crippen LogP contribution < -0.4 is 0 Å². The van der Waals surface area contributed by atoms with Gasteiger partial charge in [0.25, 0.3) is 0 Å². The van der Waals surface area contributed by atoms with Gasteiger partial charge in [-0.2, -0.15) is 8.78 Å². The van der Waals surface area contributed by atoms with Gasteiger partial charge in [0.1, 0.15) is 0 Å². The van der Waals surface area contributed by atoms with E-state index in [-0.39, 0.29) is 23.4 Å². The highest BCUT2D eigenvalue weighted by Gasteiger charge is 2.50. The molecule has 0 bridgehead atoms. The molecule has 3 nitrogen and oxygen atoms in total. The Kier molecular flexibility index (Phi) is 7.02. The zero-order chi connectivity index (χ0) is 23.0. The average Bonchev–Trinajstić information content (AvgIpc) is 3.03.